The molecule has 0 unspecified atom stereocenters. The molecule has 1 amide bonds. The molecular weight excluding hydrogens is 403 g/mol. The van der Waals surface area contributed by atoms with Gasteiger partial charge in [-0.1, -0.05) is 0 Å². The van der Waals surface area contributed by atoms with Crippen LogP contribution in [0.5, 0.6) is 0 Å². The van der Waals surface area contributed by atoms with E-state index in [0.29, 0.717) is 19.0 Å². The minimum atomic E-state index is -1.32. The Balaban J connectivity index is 1.92. The molecule has 0 spiro atoms. The van der Waals surface area contributed by atoms with Gasteiger partial charge in [-0.25, -0.2) is 14.2 Å². The number of carbonyl (C=O) groups is 2. The molecule has 0 atom stereocenters. The highest BCUT2D eigenvalue weighted by Crippen LogP contribution is 2.24. The highest BCUT2D eigenvalue weighted by molar-refractivity contribution is 9.11. The van der Waals surface area contributed by atoms with E-state index in [1.807, 2.05) is 0 Å². The van der Waals surface area contributed by atoms with Crippen molar-refractivity contribution in [2.45, 2.75) is 0 Å². The van der Waals surface area contributed by atoms with Crippen molar-refractivity contribution < 1.29 is 19.1 Å². The third-order valence-electron chi connectivity index (χ3n) is 2.97. The number of rotatable bonds is 3. The SMILES string of the molecule is O=C(Nc1cc(-c2ccc(F)cc2)n(C(=O)O)n1)c1cnc(Br)s1. The summed E-state index contributed by atoms with van der Waals surface area (Å²) >= 11 is 4.29. The molecule has 10 heteroatoms. The van der Waals surface area contributed by atoms with Crippen LogP contribution in [-0.4, -0.2) is 31.9 Å². The quantitative estimate of drug-likeness (QED) is 0.685. The van der Waals surface area contributed by atoms with E-state index in [9.17, 15) is 19.1 Å². The summed E-state index contributed by atoms with van der Waals surface area (Å²) in [5.41, 5.74) is 0.663. The van der Waals surface area contributed by atoms with E-state index in [-0.39, 0.29) is 11.5 Å². The molecule has 122 valence electrons. The molecule has 2 aromatic heterocycles. The number of nitrogens with zero attached hydrogens (tertiary/aromatic N) is 3. The minimum absolute atomic E-state index is 0.0613. The van der Waals surface area contributed by atoms with Crippen LogP contribution >= 0.6 is 27.3 Å². The molecule has 0 aliphatic heterocycles. The summed E-state index contributed by atoms with van der Waals surface area (Å²) in [6, 6.07) is 6.67. The van der Waals surface area contributed by atoms with Crippen molar-refractivity contribution in [2.75, 3.05) is 5.32 Å². The number of nitrogens with one attached hydrogen (secondary N) is 1. The number of aromatic nitrogens is 3. The lowest BCUT2D eigenvalue weighted by Gasteiger charge is -2.01. The largest absolute Gasteiger partial charge is 0.463 e. The summed E-state index contributed by atoms with van der Waals surface area (Å²) in [5, 5.41) is 15.6. The molecule has 24 heavy (non-hydrogen) atoms. The van der Waals surface area contributed by atoms with Crippen molar-refractivity contribution in [1.82, 2.24) is 14.8 Å². The average molecular weight is 411 g/mol. The lowest BCUT2D eigenvalue weighted by molar-refractivity contribution is 0.102. The fourth-order valence-electron chi connectivity index (χ4n) is 1.95. The lowest BCUT2D eigenvalue weighted by atomic mass is 10.1. The molecule has 3 rings (SSSR count). The van der Waals surface area contributed by atoms with Gasteiger partial charge in [-0.2, -0.15) is 4.68 Å². The van der Waals surface area contributed by atoms with Crippen molar-refractivity contribution in [2.24, 2.45) is 0 Å². The van der Waals surface area contributed by atoms with E-state index in [1.165, 1.54) is 36.5 Å². The van der Waals surface area contributed by atoms with Gasteiger partial charge in [0.2, 0.25) is 0 Å². The number of amides is 1. The number of halogens is 2. The first kappa shape index (κ1) is 16.3. The van der Waals surface area contributed by atoms with Crippen LogP contribution in [0.4, 0.5) is 15.0 Å². The molecule has 2 N–H and O–H groups in total. The van der Waals surface area contributed by atoms with Gasteiger partial charge in [-0.3, -0.25) is 4.79 Å². The number of benzene rings is 1. The molecule has 0 saturated heterocycles. The number of anilines is 1. The Bertz CT molecular complexity index is 923. The monoisotopic (exact) mass is 410 g/mol. The molecule has 0 saturated carbocycles. The molecular formula is C14H8BrFN4O3S. The third-order valence-corrected chi connectivity index (χ3v) is 4.45. The molecule has 0 aliphatic carbocycles. The molecule has 3 aromatic rings. The first-order valence-corrected chi connectivity index (χ1v) is 8.07. The predicted molar refractivity (Wildman–Crippen MR) is 88.8 cm³/mol. The fourth-order valence-corrected chi connectivity index (χ4v) is 3.11. The Hall–Kier alpha value is -2.59. The first-order chi connectivity index (χ1) is 11.4. The molecule has 0 fully saturated rings. The topological polar surface area (TPSA) is 97.1 Å². The fraction of sp³-hybridized carbons (Fsp3) is 0. The van der Waals surface area contributed by atoms with Crippen LogP contribution in [0, 0.1) is 5.82 Å². The van der Waals surface area contributed by atoms with Crippen LogP contribution in [0.1, 0.15) is 9.67 Å². The molecule has 1 aromatic carbocycles. The smallest absolute Gasteiger partial charge is 0.432 e. The number of carbonyl (C=O) groups excluding carboxylic acids is 1. The van der Waals surface area contributed by atoms with E-state index < -0.39 is 17.8 Å². The second-order valence-electron chi connectivity index (χ2n) is 4.55. The Kier molecular flexibility index (Phi) is 4.40. The van der Waals surface area contributed by atoms with Crippen LogP contribution in [0.2, 0.25) is 0 Å². The summed E-state index contributed by atoms with van der Waals surface area (Å²) in [7, 11) is 0. The second kappa shape index (κ2) is 6.49. The van der Waals surface area contributed by atoms with Gasteiger partial charge in [0.25, 0.3) is 5.91 Å². The highest BCUT2D eigenvalue weighted by atomic mass is 79.9. The minimum Gasteiger partial charge on any atom is -0.463 e. The Morgan fingerprint density at radius 3 is 2.58 bits per heavy atom. The molecule has 2 heterocycles. The second-order valence-corrected chi connectivity index (χ2v) is 6.85. The maximum atomic E-state index is 13.0. The van der Waals surface area contributed by atoms with Crippen LogP contribution < -0.4 is 5.32 Å². The summed E-state index contributed by atoms with van der Waals surface area (Å²) in [5.74, 6) is -0.838. The van der Waals surface area contributed by atoms with E-state index in [1.54, 1.807) is 0 Å². The Morgan fingerprint density at radius 1 is 1.29 bits per heavy atom. The van der Waals surface area contributed by atoms with E-state index in [4.69, 9.17) is 0 Å². The maximum absolute atomic E-state index is 13.0. The standard InChI is InChI=1S/C14H8BrFN4O3S/c15-13-17-6-10(24-13)12(21)18-11-5-9(20(19-11)14(22)23)7-1-3-8(16)4-2-7/h1-6H,(H,22,23)(H,18,19,21). The summed E-state index contributed by atoms with van der Waals surface area (Å²) in [4.78, 5) is 27.7. The van der Waals surface area contributed by atoms with Crippen LogP contribution in [0.3, 0.4) is 0 Å². The van der Waals surface area contributed by atoms with Crippen molar-refractivity contribution in [1.29, 1.82) is 0 Å². The van der Waals surface area contributed by atoms with E-state index in [2.05, 4.69) is 31.3 Å². The van der Waals surface area contributed by atoms with Gasteiger partial charge in [0.15, 0.2) is 9.73 Å². The Labute approximate surface area is 146 Å². The third kappa shape index (κ3) is 3.34. The molecule has 0 bridgehead atoms. The maximum Gasteiger partial charge on any atom is 0.432 e. The van der Waals surface area contributed by atoms with Gasteiger partial charge >= 0.3 is 6.09 Å². The van der Waals surface area contributed by atoms with Gasteiger partial charge in [0.05, 0.1) is 11.9 Å². The van der Waals surface area contributed by atoms with Crippen molar-refractivity contribution in [3.05, 3.63) is 51.1 Å². The molecule has 0 aliphatic rings. The lowest BCUT2D eigenvalue weighted by Crippen LogP contribution is -2.14. The van der Waals surface area contributed by atoms with Crippen LogP contribution in [0.15, 0.2) is 40.4 Å². The highest BCUT2D eigenvalue weighted by Gasteiger charge is 2.18. The van der Waals surface area contributed by atoms with Gasteiger partial charge in [-0.15, -0.1) is 16.4 Å². The number of hydrogen-bond acceptors (Lipinski definition) is 5. The van der Waals surface area contributed by atoms with Crippen LogP contribution in [-0.2, 0) is 0 Å². The zero-order valence-electron chi connectivity index (χ0n) is 11.7. The summed E-state index contributed by atoms with van der Waals surface area (Å²) in [6.07, 6.45) is 0.0643. The van der Waals surface area contributed by atoms with Gasteiger partial charge in [0.1, 0.15) is 10.7 Å². The van der Waals surface area contributed by atoms with Gasteiger partial charge in [0, 0.05) is 11.6 Å². The Morgan fingerprint density at radius 2 is 2.00 bits per heavy atom. The van der Waals surface area contributed by atoms with E-state index >= 15 is 0 Å². The van der Waals surface area contributed by atoms with Crippen molar-refractivity contribution >= 4 is 45.1 Å². The van der Waals surface area contributed by atoms with Gasteiger partial charge < -0.3 is 10.4 Å². The number of thiazole rings is 1. The molecule has 0 radical (unpaired) electrons. The zero-order chi connectivity index (χ0) is 17.3. The van der Waals surface area contributed by atoms with Crippen molar-refractivity contribution in [3.8, 4) is 11.3 Å². The number of carboxylic acid groups (broad SMARTS) is 1. The molecule has 7 nitrogen and oxygen atoms in total. The first-order valence-electron chi connectivity index (χ1n) is 6.46. The van der Waals surface area contributed by atoms with Crippen LogP contribution in [0.25, 0.3) is 11.3 Å². The summed E-state index contributed by atoms with van der Waals surface area (Å²) < 4.78 is 14.3. The van der Waals surface area contributed by atoms with Gasteiger partial charge in [-0.05, 0) is 40.2 Å². The zero-order valence-corrected chi connectivity index (χ0v) is 14.1. The average Bonchev–Trinajstić information content (AvgIpc) is 3.14. The normalized spacial score (nSPS) is 10.6. The predicted octanol–water partition coefficient (Wildman–Crippen LogP) is 3.69. The van der Waals surface area contributed by atoms with Crippen molar-refractivity contribution in [3.63, 3.8) is 0 Å². The van der Waals surface area contributed by atoms with E-state index in [0.717, 1.165) is 11.3 Å². The summed E-state index contributed by atoms with van der Waals surface area (Å²) in [6.45, 7) is 0. The number of hydrogen-bond donors (Lipinski definition) is 2.